The van der Waals surface area contributed by atoms with Crippen LogP contribution in [0.5, 0.6) is 23.0 Å². The largest absolute Gasteiger partial charge is 0.495 e. The smallest absolute Gasteiger partial charge is 0.258 e. The highest BCUT2D eigenvalue weighted by molar-refractivity contribution is 6.32. The molecule has 0 saturated heterocycles. The average molecular weight is 498 g/mol. The van der Waals surface area contributed by atoms with E-state index in [1.165, 1.54) is 39.3 Å². The zero-order chi connectivity index (χ0) is 24.5. The molecule has 9 nitrogen and oxygen atoms in total. The molecule has 0 aliphatic rings. The minimum atomic E-state index is -1.43. The third-order valence-electron chi connectivity index (χ3n) is 4.26. The van der Waals surface area contributed by atoms with E-state index in [9.17, 15) is 9.59 Å². The molecule has 2 aromatic carbocycles. The molecule has 33 heavy (non-hydrogen) atoms. The van der Waals surface area contributed by atoms with E-state index in [4.69, 9.17) is 42.1 Å². The Bertz CT molecular complexity index is 1050. The second-order valence-corrected chi connectivity index (χ2v) is 7.34. The second kappa shape index (κ2) is 12.3. The summed E-state index contributed by atoms with van der Waals surface area (Å²) >= 11 is 12.4. The lowest BCUT2D eigenvalue weighted by Gasteiger charge is -2.15. The van der Waals surface area contributed by atoms with Crippen molar-refractivity contribution < 1.29 is 28.5 Å². The number of Topliss-reactive ketones (excluding diaryl/α,β-unsaturated/α-hetero) is 1. The number of hydrogen-bond donors (Lipinski definition) is 1. The van der Waals surface area contributed by atoms with E-state index >= 15 is 0 Å². The standard InChI is InChI=1S/C22H25Cl2N3O6/c1-6-32-18-11-20(33-7-2)16(9-14(18)24)26-27-21(12(3)28)22(29)25-15-8-13(23)17(30-4)10-19(15)31-5/h8-11,21H,6-7H2,1-5H3,(H,25,29). The molecule has 0 aromatic heterocycles. The van der Waals surface area contributed by atoms with Crippen molar-refractivity contribution in [1.29, 1.82) is 0 Å². The lowest BCUT2D eigenvalue weighted by Crippen LogP contribution is -2.32. The van der Waals surface area contributed by atoms with E-state index < -0.39 is 17.7 Å². The number of hydrogen-bond acceptors (Lipinski definition) is 8. The summed E-state index contributed by atoms with van der Waals surface area (Å²) in [5.74, 6) is 0.183. The van der Waals surface area contributed by atoms with Crippen LogP contribution in [0.4, 0.5) is 11.4 Å². The Morgan fingerprint density at radius 3 is 2.06 bits per heavy atom. The zero-order valence-corrected chi connectivity index (χ0v) is 20.4. The number of azo groups is 1. The molecule has 0 fully saturated rings. The summed E-state index contributed by atoms with van der Waals surface area (Å²) in [5.41, 5.74) is 0.489. The predicted octanol–water partition coefficient (Wildman–Crippen LogP) is 5.49. The lowest BCUT2D eigenvalue weighted by atomic mass is 10.2. The van der Waals surface area contributed by atoms with Gasteiger partial charge in [-0.05, 0) is 32.9 Å². The number of nitrogens with one attached hydrogen (secondary N) is 1. The van der Waals surface area contributed by atoms with Crippen LogP contribution in [0.3, 0.4) is 0 Å². The van der Waals surface area contributed by atoms with Crippen LogP contribution in [0, 0.1) is 0 Å². The number of nitrogens with zero attached hydrogens (tertiary/aromatic N) is 2. The SMILES string of the molecule is CCOc1cc(OCC)c(N=NC(C(C)=O)C(=O)Nc2cc(Cl)c(OC)cc2OC)cc1Cl. The van der Waals surface area contributed by atoms with Crippen molar-refractivity contribution in [3.8, 4) is 23.0 Å². The van der Waals surface area contributed by atoms with E-state index in [1.54, 1.807) is 13.0 Å². The molecule has 0 aliphatic heterocycles. The quantitative estimate of drug-likeness (QED) is 0.324. The Hall–Kier alpha value is -3.04. The monoisotopic (exact) mass is 497 g/mol. The van der Waals surface area contributed by atoms with Crippen molar-refractivity contribution in [2.75, 3.05) is 32.8 Å². The first-order valence-corrected chi connectivity index (χ1v) is 10.7. The number of rotatable bonds is 11. The number of benzene rings is 2. The van der Waals surface area contributed by atoms with Gasteiger partial charge in [0.15, 0.2) is 11.5 Å². The fraction of sp³-hybridized carbons (Fsp3) is 0.364. The summed E-state index contributed by atoms with van der Waals surface area (Å²) in [6, 6.07) is 4.60. The van der Waals surface area contributed by atoms with Crippen LogP contribution in [-0.4, -0.2) is 45.2 Å². The van der Waals surface area contributed by atoms with Crippen LogP contribution in [0.25, 0.3) is 0 Å². The van der Waals surface area contributed by atoms with E-state index in [2.05, 4.69) is 15.5 Å². The number of amides is 1. The van der Waals surface area contributed by atoms with Gasteiger partial charge in [0.05, 0.1) is 43.2 Å². The van der Waals surface area contributed by atoms with E-state index in [0.29, 0.717) is 36.2 Å². The first-order chi connectivity index (χ1) is 15.7. The Balaban J connectivity index is 2.35. The molecule has 0 spiro atoms. The maximum Gasteiger partial charge on any atom is 0.258 e. The lowest BCUT2D eigenvalue weighted by molar-refractivity contribution is -0.126. The van der Waals surface area contributed by atoms with E-state index in [-0.39, 0.29) is 21.4 Å². The van der Waals surface area contributed by atoms with E-state index in [1.807, 2.05) is 6.92 Å². The molecule has 1 amide bonds. The number of ether oxygens (including phenoxy) is 4. The van der Waals surface area contributed by atoms with Gasteiger partial charge in [0.2, 0.25) is 6.04 Å². The molecule has 1 atom stereocenters. The molecule has 11 heteroatoms. The van der Waals surface area contributed by atoms with Crippen molar-refractivity contribution in [3.05, 3.63) is 34.3 Å². The summed E-state index contributed by atoms with van der Waals surface area (Å²) in [6.07, 6.45) is 0. The van der Waals surface area contributed by atoms with Gasteiger partial charge in [-0.3, -0.25) is 9.59 Å². The molecule has 0 radical (unpaired) electrons. The van der Waals surface area contributed by atoms with Gasteiger partial charge in [0.25, 0.3) is 5.91 Å². The van der Waals surface area contributed by atoms with Gasteiger partial charge in [-0.1, -0.05) is 23.2 Å². The van der Waals surface area contributed by atoms with Gasteiger partial charge < -0.3 is 24.3 Å². The molecule has 2 rings (SSSR count). The minimum Gasteiger partial charge on any atom is -0.495 e. The van der Waals surface area contributed by atoms with Crippen LogP contribution in [0.15, 0.2) is 34.5 Å². The third-order valence-corrected chi connectivity index (χ3v) is 4.85. The van der Waals surface area contributed by atoms with E-state index in [0.717, 1.165) is 0 Å². The van der Waals surface area contributed by atoms with Gasteiger partial charge in [-0.15, -0.1) is 0 Å². The van der Waals surface area contributed by atoms with Crippen LogP contribution in [0.1, 0.15) is 20.8 Å². The molecular formula is C22H25Cl2N3O6. The van der Waals surface area contributed by atoms with Crippen LogP contribution in [0.2, 0.25) is 10.0 Å². The molecule has 1 N–H and O–H groups in total. The number of methoxy groups -OCH3 is 2. The van der Waals surface area contributed by atoms with Gasteiger partial charge in [-0.25, -0.2) is 0 Å². The molecule has 2 aromatic rings. The molecule has 0 saturated carbocycles. The van der Waals surface area contributed by atoms with Crippen molar-refractivity contribution >= 4 is 46.3 Å². The molecule has 0 heterocycles. The fourth-order valence-corrected chi connectivity index (χ4v) is 3.19. The van der Waals surface area contributed by atoms with Crippen molar-refractivity contribution in [3.63, 3.8) is 0 Å². The van der Waals surface area contributed by atoms with Gasteiger partial charge in [0, 0.05) is 12.1 Å². The maximum absolute atomic E-state index is 12.8. The molecule has 1 unspecified atom stereocenters. The minimum absolute atomic E-state index is 0.244. The Morgan fingerprint density at radius 1 is 0.909 bits per heavy atom. The number of carbonyl (C=O) groups excluding carboxylic acids is 2. The fourth-order valence-electron chi connectivity index (χ4n) is 2.74. The summed E-state index contributed by atoms with van der Waals surface area (Å²) in [6.45, 7) is 5.62. The first-order valence-electron chi connectivity index (χ1n) is 9.98. The maximum atomic E-state index is 12.8. The number of anilines is 1. The van der Waals surface area contributed by atoms with Gasteiger partial charge in [0.1, 0.15) is 22.9 Å². The number of halogens is 2. The summed E-state index contributed by atoms with van der Waals surface area (Å²) < 4.78 is 21.4. The zero-order valence-electron chi connectivity index (χ0n) is 18.9. The van der Waals surface area contributed by atoms with Gasteiger partial charge >= 0.3 is 0 Å². The van der Waals surface area contributed by atoms with Crippen molar-refractivity contribution in [2.45, 2.75) is 26.8 Å². The number of ketones is 1. The summed E-state index contributed by atoms with van der Waals surface area (Å²) in [5, 5.41) is 11.1. The highest BCUT2D eigenvalue weighted by atomic mass is 35.5. The molecular weight excluding hydrogens is 473 g/mol. The van der Waals surface area contributed by atoms with Crippen molar-refractivity contribution in [1.82, 2.24) is 0 Å². The topological polar surface area (TPSA) is 108 Å². The summed E-state index contributed by atoms with van der Waals surface area (Å²) in [4.78, 5) is 25.0. The molecule has 0 bridgehead atoms. The average Bonchev–Trinajstić information content (AvgIpc) is 2.77. The first kappa shape index (κ1) is 26.2. The Morgan fingerprint density at radius 2 is 1.48 bits per heavy atom. The van der Waals surface area contributed by atoms with Crippen LogP contribution < -0.4 is 24.3 Å². The summed E-state index contributed by atoms with van der Waals surface area (Å²) in [7, 11) is 2.88. The van der Waals surface area contributed by atoms with Gasteiger partial charge in [-0.2, -0.15) is 10.2 Å². The third kappa shape index (κ3) is 6.72. The number of carbonyl (C=O) groups is 2. The van der Waals surface area contributed by atoms with Crippen molar-refractivity contribution in [2.24, 2.45) is 10.2 Å². The van der Waals surface area contributed by atoms with Crippen LogP contribution >= 0.6 is 23.2 Å². The Kier molecular flexibility index (Phi) is 9.74. The Labute approximate surface area is 202 Å². The predicted molar refractivity (Wildman–Crippen MR) is 126 cm³/mol. The highest BCUT2D eigenvalue weighted by Crippen LogP contribution is 2.39. The molecule has 178 valence electrons. The normalized spacial score (nSPS) is 11.7. The van der Waals surface area contributed by atoms with Crippen LogP contribution in [-0.2, 0) is 9.59 Å². The second-order valence-electron chi connectivity index (χ2n) is 6.52. The highest BCUT2D eigenvalue weighted by Gasteiger charge is 2.25. The molecule has 0 aliphatic carbocycles.